The normalized spacial score (nSPS) is 10.9. The zero-order valence-electron chi connectivity index (χ0n) is 17.8. The van der Waals surface area contributed by atoms with E-state index in [9.17, 15) is 9.59 Å². The summed E-state index contributed by atoms with van der Waals surface area (Å²) in [6.45, 7) is 7.43. The van der Waals surface area contributed by atoms with E-state index in [1.165, 1.54) is 0 Å². The first kappa shape index (κ1) is 22.8. The van der Waals surface area contributed by atoms with Crippen molar-refractivity contribution in [3.63, 3.8) is 0 Å². The number of nitrogens with zero attached hydrogens (tertiary/aromatic N) is 2. The van der Waals surface area contributed by atoms with E-state index >= 15 is 0 Å². The molecule has 3 rings (SSSR count). The highest BCUT2D eigenvalue weighted by atomic mass is 35.5. The van der Waals surface area contributed by atoms with Crippen molar-refractivity contribution in [2.24, 2.45) is 5.92 Å². The largest absolute Gasteiger partial charge is 0.326 e. The molecule has 1 heterocycles. The summed E-state index contributed by atoms with van der Waals surface area (Å²) in [4.78, 5) is 24.4. The molecule has 2 aromatic carbocycles. The molecule has 0 atom stereocenters. The molecular weight excluding hydrogens is 435 g/mol. The molecule has 0 radical (unpaired) electrons. The van der Waals surface area contributed by atoms with Gasteiger partial charge in [-0.15, -0.1) is 0 Å². The zero-order valence-corrected chi connectivity index (χ0v) is 19.3. The summed E-state index contributed by atoms with van der Waals surface area (Å²) in [6.07, 6.45) is 0.175. The highest BCUT2D eigenvalue weighted by molar-refractivity contribution is 6.35. The highest BCUT2D eigenvalue weighted by Crippen LogP contribution is 2.27. The third-order valence-corrected chi connectivity index (χ3v) is 5.41. The number of hydrogen-bond donors (Lipinski definition) is 2. The van der Waals surface area contributed by atoms with Gasteiger partial charge in [-0.05, 0) is 56.3 Å². The van der Waals surface area contributed by atoms with Gasteiger partial charge in [-0.1, -0.05) is 37.0 Å². The van der Waals surface area contributed by atoms with Crippen LogP contribution >= 0.6 is 23.2 Å². The summed E-state index contributed by atoms with van der Waals surface area (Å²) in [5.74, 6) is -0.318. The Morgan fingerprint density at radius 3 is 2.19 bits per heavy atom. The Labute approximate surface area is 191 Å². The van der Waals surface area contributed by atoms with Crippen LogP contribution in [-0.2, 0) is 16.0 Å². The molecular formula is C23H24Cl2N4O2. The van der Waals surface area contributed by atoms with Crippen LogP contribution in [0.15, 0.2) is 42.5 Å². The molecule has 8 heteroatoms. The number of amides is 2. The quantitative estimate of drug-likeness (QED) is 0.506. The monoisotopic (exact) mass is 458 g/mol. The zero-order chi connectivity index (χ0) is 22.7. The third kappa shape index (κ3) is 5.46. The number of hydrogen-bond acceptors (Lipinski definition) is 3. The number of rotatable bonds is 6. The van der Waals surface area contributed by atoms with Crippen LogP contribution in [0.1, 0.15) is 30.8 Å². The second-order valence-electron chi connectivity index (χ2n) is 7.60. The number of aryl methyl sites for hydroxylation is 1. The van der Waals surface area contributed by atoms with E-state index in [-0.39, 0.29) is 24.2 Å². The van der Waals surface area contributed by atoms with Crippen molar-refractivity contribution in [3.05, 3.63) is 69.5 Å². The van der Waals surface area contributed by atoms with Gasteiger partial charge in [0, 0.05) is 33.6 Å². The Morgan fingerprint density at radius 2 is 1.61 bits per heavy atom. The molecule has 0 unspecified atom stereocenters. The molecule has 0 saturated carbocycles. The molecule has 2 N–H and O–H groups in total. The van der Waals surface area contributed by atoms with E-state index < -0.39 is 0 Å². The Bertz CT molecular complexity index is 1120. The molecule has 31 heavy (non-hydrogen) atoms. The van der Waals surface area contributed by atoms with Crippen LogP contribution in [-0.4, -0.2) is 21.6 Å². The van der Waals surface area contributed by atoms with Crippen LogP contribution in [0.25, 0.3) is 5.69 Å². The molecule has 2 amide bonds. The predicted octanol–water partition coefficient (Wildman–Crippen LogP) is 5.57. The summed E-state index contributed by atoms with van der Waals surface area (Å²) < 4.78 is 1.73. The molecule has 6 nitrogen and oxygen atoms in total. The Morgan fingerprint density at radius 1 is 1.00 bits per heavy atom. The van der Waals surface area contributed by atoms with E-state index in [0.717, 1.165) is 17.0 Å². The van der Waals surface area contributed by atoms with Gasteiger partial charge in [-0.25, -0.2) is 4.68 Å². The average molecular weight is 459 g/mol. The highest BCUT2D eigenvalue weighted by Gasteiger charge is 2.17. The van der Waals surface area contributed by atoms with Gasteiger partial charge in [0.15, 0.2) is 0 Å². The molecule has 0 fully saturated rings. The topological polar surface area (TPSA) is 76.0 Å². The summed E-state index contributed by atoms with van der Waals surface area (Å²) in [7, 11) is 0. The van der Waals surface area contributed by atoms with Crippen molar-refractivity contribution in [2.75, 3.05) is 10.6 Å². The lowest BCUT2D eigenvalue weighted by atomic mass is 10.1. The lowest BCUT2D eigenvalue weighted by molar-refractivity contribution is -0.119. The molecule has 0 aliphatic heterocycles. The maximum atomic E-state index is 12.6. The Hall–Kier alpha value is -2.83. The fraction of sp³-hybridized carbons (Fsp3) is 0.261. The second-order valence-corrected chi connectivity index (χ2v) is 8.45. The lowest BCUT2D eigenvalue weighted by Gasteiger charge is -2.10. The van der Waals surface area contributed by atoms with Crippen LogP contribution < -0.4 is 10.6 Å². The third-order valence-electron chi connectivity index (χ3n) is 4.88. The first-order chi connectivity index (χ1) is 14.7. The van der Waals surface area contributed by atoms with Gasteiger partial charge in [0.25, 0.3) is 0 Å². The molecule has 0 saturated heterocycles. The van der Waals surface area contributed by atoms with Crippen LogP contribution in [0.5, 0.6) is 0 Å². The Balaban J connectivity index is 1.71. The number of carbonyl (C=O) groups is 2. The molecule has 0 aliphatic carbocycles. The minimum atomic E-state index is -0.160. The predicted molar refractivity (Wildman–Crippen MR) is 125 cm³/mol. The maximum absolute atomic E-state index is 12.6. The minimum absolute atomic E-state index is 0.0551. The van der Waals surface area contributed by atoms with Gasteiger partial charge < -0.3 is 10.6 Å². The van der Waals surface area contributed by atoms with Crippen LogP contribution in [0, 0.1) is 19.8 Å². The number of carbonyl (C=O) groups excluding carboxylic acids is 2. The van der Waals surface area contributed by atoms with Gasteiger partial charge in [-0.2, -0.15) is 5.10 Å². The summed E-state index contributed by atoms with van der Waals surface area (Å²) in [5, 5.41) is 11.3. The van der Waals surface area contributed by atoms with Crippen LogP contribution in [0.3, 0.4) is 0 Å². The summed E-state index contributed by atoms with van der Waals surface area (Å²) in [5.41, 5.74) is 4.47. The molecule has 1 aromatic heterocycles. The fourth-order valence-corrected chi connectivity index (χ4v) is 3.60. The summed E-state index contributed by atoms with van der Waals surface area (Å²) >= 11 is 12.3. The number of aromatic nitrogens is 2. The van der Waals surface area contributed by atoms with Crippen LogP contribution in [0.4, 0.5) is 11.4 Å². The van der Waals surface area contributed by atoms with Crippen molar-refractivity contribution < 1.29 is 9.59 Å². The van der Waals surface area contributed by atoms with Crippen molar-refractivity contribution in [2.45, 2.75) is 34.1 Å². The minimum Gasteiger partial charge on any atom is -0.326 e. The van der Waals surface area contributed by atoms with E-state index in [0.29, 0.717) is 27.1 Å². The van der Waals surface area contributed by atoms with Gasteiger partial charge in [0.05, 0.1) is 22.8 Å². The number of nitrogens with one attached hydrogen (secondary N) is 2. The molecule has 0 aliphatic rings. The smallest absolute Gasteiger partial charge is 0.228 e. The van der Waals surface area contributed by atoms with Gasteiger partial charge in [0.2, 0.25) is 11.8 Å². The van der Waals surface area contributed by atoms with Gasteiger partial charge in [-0.3, -0.25) is 9.59 Å². The molecule has 0 bridgehead atoms. The number of benzene rings is 2. The summed E-state index contributed by atoms with van der Waals surface area (Å²) in [6, 6.07) is 12.2. The van der Waals surface area contributed by atoms with Crippen LogP contribution in [0.2, 0.25) is 10.0 Å². The van der Waals surface area contributed by atoms with E-state index in [1.54, 1.807) is 47.1 Å². The van der Waals surface area contributed by atoms with E-state index in [2.05, 4.69) is 15.7 Å². The Kier molecular flexibility index (Phi) is 7.03. The number of anilines is 2. The number of halogens is 2. The second kappa shape index (κ2) is 9.54. The molecule has 162 valence electrons. The standard InChI is InChI=1S/C23H24Cl2N4O2/c1-13(2)23(31)27-18-8-6-17(7-9-18)26-22(30)12-19-14(3)28-29(15(19)4)21-10-5-16(24)11-20(21)25/h5-11,13H,12H2,1-4H3,(H,26,30)(H,27,31). The first-order valence-electron chi connectivity index (χ1n) is 9.87. The lowest BCUT2D eigenvalue weighted by Crippen LogP contribution is -2.18. The molecule has 0 spiro atoms. The SMILES string of the molecule is Cc1nn(-c2ccc(Cl)cc2Cl)c(C)c1CC(=O)Nc1ccc(NC(=O)C(C)C)cc1. The van der Waals surface area contributed by atoms with E-state index in [4.69, 9.17) is 23.2 Å². The van der Waals surface area contributed by atoms with Crippen molar-refractivity contribution in [1.29, 1.82) is 0 Å². The first-order valence-corrected chi connectivity index (χ1v) is 10.6. The van der Waals surface area contributed by atoms with Crippen molar-refractivity contribution in [3.8, 4) is 5.69 Å². The van der Waals surface area contributed by atoms with Crippen molar-refractivity contribution in [1.82, 2.24) is 9.78 Å². The fourth-order valence-electron chi connectivity index (χ4n) is 3.11. The van der Waals surface area contributed by atoms with Gasteiger partial charge in [0.1, 0.15) is 0 Å². The average Bonchev–Trinajstić information content (AvgIpc) is 2.97. The molecule has 3 aromatic rings. The van der Waals surface area contributed by atoms with E-state index in [1.807, 2.05) is 27.7 Å². The van der Waals surface area contributed by atoms with Crippen molar-refractivity contribution >= 4 is 46.4 Å². The van der Waals surface area contributed by atoms with Gasteiger partial charge >= 0.3 is 0 Å². The maximum Gasteiger partial charge on any atom is 0.228 e.